The highest BCUT2D eigenvalue weighted by atomic mass is 32.2. The van der Waals surface area contributed by atoms with E-state index in [4.69, 9.17) is 4.74 Å². The second-order valence-electron chi connectivity index (χ2n) is 5.56. The number of likely N-dealkylation sites (N-methyl/N-ethyl adjacent to an activating group) is 1. The van der Waals surface area contributed by atoms with Gasteiger partial charge in [-0.25, -0.2) is 8.42 Å². The largest absolute Gasteiger partial charge is 0.496 e. The Bertz CT molecular complexity index is 614. The van der Waals surface area contributed by atoms with E-state index in [0.717, 1.165) is 29.7 Å². The van der Waals surface area contributed by atoms with Crippen LogP contribution in [-0.2, 0) is 10.0 Å². The van der Waals surface area contributed by atoms with Gasteiger partial charge in [-0.05, 0) is 57.0 Å². The van der Waals surface area contributed by atoms with Gasteiger partial charge >= 0.3 is 0 Å². The summed E-state index contributed by atoms with van der Waals surface area (Å²) in [6.45, 7) is 4.97. The Morgan fingerprint density at radius 1 is 1.33 bits per heavy atom. The molecule has 118 valence electrons. The molecule has 1 aliphatic rings. The fourth-order valence-electron chi connectivity index (χ4n) is 2.95. The van der Waals surface area contributed by atoms with E-state index in [0.29, 0.717) is 18.0 Å². The number of hydrogen-bond acceptors (Lipinski definition) is 4. The number of rotatable bonds is 5. The minimum absolute atomic E-state index is 0.0433. The third-order valence-electron chi connectivity index (χ3n) is 4.04. The molecule has 0 bridgehead atoms. The summed E-state index contributed by atoms with van der Waals surface area (Å²) >= 11 is 0. The van der Waals surface area contributed by atoms with Crippen LogP contribution in [0.5, 0.6) is 5.75 Å². The number of hydrogen-bond donors (Lipinski definition) is 1. The third kappa shape index (κ3) is 3.07. The lowest BCUT2D eigenvalue weighted by atomic mass is 10.1. The Kier molecular flexibility index (Phi) is 4.91. The number of ether oxygens (including phenoxy) is 1. The summed E-state index contributed by atoms with van der Waals surface area (Å²) < 4.78 is 32.8. The van der Waals surface area contributed by atoms with E-state index in [1.165, 1.54) is 0 Å². The van der Waals surface area contributed by atoms with Crippen LogP contribution < -0.4 is 10.1 Å². The molecule has 6 heteroatoms. The van der Waals surface area contributed by atoms with Crippen molar-refractivity contribution in [2.45, 2.75) is 37.6 Å². The normalized spacial score (nSPS) is 19.9. The van der Waals surface area contributed by atoms with Crippen LogP contribution in [0.15, 0.2) is 17.0 Å². The van der Waals surface area contributed by atoms with Crippen molar-refractivity contribution < 1.29 is 13.2 Å². The van der Waals surface area contributed by atoms with E-state index in [-0.39, 0.29) is 6.04 Å². The van der Waals surface area contributed by atoms with Crippen molar-refractivity contribution in [2.75, 3.05) is 27.2 Å². The summed E-state index contributed by atoms with van der Waals surface area (Å²) in [5, 5.41) is 3.08. The lowest BCUT2D eigenvalue weighted by molar-refractivity contribution is 0.378. The Balaban J connectivity index is 2.42. The quantitative estimate of drug-likeness (QED) is 0.899. The predicted molar refractivity (Wildman–Crippen MR) is 83.3 cm³/mol. The SMILES string of the molecule is CNC[C@H]1CCCN1S(=O)(=O)c1cc(C)c(OC)cc1C. The van der Waals surface area contributed by atoms with Crippen LogP contribution >= 0.6 is 0 Å². The molecule has 0 radical (unpaired) electrons. The summed E-state index contributed by atoms with van der Waals surface area (Å²) in [6.07, 6.45) is 1.83. The molecule has 2 rings (SSSR count). The molecule has 1 aromatic carbocycles. The minimum Gasteiger partial charge on any atom is -0.496 e. The maximum Gasteiger partial charge on any atom is 0.243 e. The van der Waals surface area contributed by atoms with E-state index in [9.17, 15) is 8.42 Å². The molecule has 0 aromatic heterocycles. The molecule has 0 unspecified atom stereocenters. The van der Waals surface area contributed by atoms with Crippen molar-refractivity contribution in [1.82, 2.24) is 9.62 Å². The molecule has 1 fully saturated rings. The van der Waals surface area contributed by atoms with Crippen molar-refractivity contribution in [3.63, 3.8) is 0 Å². The average molecular weight is 312 g/mol. The molecular formula is C15H24N2O3S. The van der Waals surface area contributed by atoms with Crippen LogP contribution in [0.25, 0.3) is 0 Å². The van der Waals surface area contributed by atoms with Crippen molar-refractivity contribution in [3.8, 4) is 5.75 Å². The molecule has 1 N–H and O–H groups in total. The molecule has 1 atom stereocenters. The van der Waals surface area contributed by atoms with E-state index in [1.54, 1.807) is 23.5 Å². The van der Waals surface area contributed by atoms with Gasteiger partial charge in [0.15, 0.2) is 0 Å². The summed E-state index contributed by atoms with van der Waals surface area (Å²) in [6, 6.07) is 3.56. The third-order valence-corrected chi connectivity index (χ3v) is 6.14. The van der Waals surface area contributed by atoms with E-state index < -0.39 is 10.0 Å². The van der Waals surface area contributed by atoms with E-state index in [2.05, 4.69) is 5.32 Å². The maximum atomic E-state index is 12.9. The second-order valence-corrected chi connectivity index (χ2v) is 7.42. The minimum atomic E-state index is -3.45. The summed E-state index contributed by atoms with van der Waals surface area (Å²) in [4.78, 5) is 0.392. The van der Waals surface area contributed by atoms with Gasteiger partial charge in [0.2, 0.25) is 10.0 Å². The highest BCUT2D eigenvalue weighted by Gasteiger charge is 2.35. The van der Waals surface area contributed by atoms with Gasteiger partial charge in [-0.2, -0.15) is 4.31 Å². The number of benzene rings is 1. The Hall–Kier alpha value is -1.11. The van der Waals surface area contributed by atoms with Crippen molar-refractivity contribution in [1.29, 1.82) is 0 Å². The number of sulfonamides is 1. The van der Waals surface area contributed by atoms with Crippen molar-refractivity contribution >= 4 is 10.0 Å². The van der Waals surface area contributed by atoms with Gasteiger partial charge in [0.1, 0.15) is 5.75 Å². The molecule has 0 spiro atoms. The van der Waals surface area contributed by atoms with E-state index in [1.807, 2.05) is 20.9 Å². The monoisotopic (exact) mass is 312 g/mol. The summed E-state index contributed by atoms with van der Waals surface area (Å²) in [5.74, 6) is 0.722. The molecule has 5 nitrogen and oxygen atoms in total. The smallest absolute Gasteiger partial charge is 0.243 e. The number of nitrogens with one attached hydrogen (secondary N) is 1. The molecule has 1 aromatic rings. The van der Waals surface area contributed by atoms with Crippen LogP contribution in [0.3, 0.4) is 0 Å². The zero-order valence-corrected chi connectivity index (χ0v) is 14.0. The number of aryl methyl sites for hydroxylation is 2. The lowest BCUT2D eigenvalue weighted by Gasteiger charge is -2.25. The topological polar surface area (TPSA) is 58.6 Å². The fraction of sp³-hybridized carbons (Fsp3) is 0.600. The van der Waals surface area contributed by atoms with Crippen LogP contribution in [0.4, 0.5) is 0 Å². The van der Waals surface area contributed by atoms with Gasteiger partial charge in [-0.3, -0.25) is 0 Å². The molecule has 0 saturated carbocycles. The van der Waals surface area contributed by atoms with E-state index >= 15 is 0 Å². The van der Waals surface area contributed by atoms with Crippen molar-refractivity contribution in [3.05, 3.63) is 23.3 Å². The average Bonchev–Trinajstić information content (AvgIpc) is 2.90. The zero-order valence-electron chi connectivity index (χ0n) is 13.1. The van der Waals surface area contributed by atoms with Gasteiger partial charge in [-0.1, -0.05) is 0 Å². The summed E-state index contributed by atoms with van der Waals surface area (Å²) in [5.41, 5.74) is 1.57. The van der Waals surface area contributed by atoms with Gasteiger partial charge in [0, 0.05) is 19.1 Å². The molecule has 0 aliphatic carbocycles. The van der Waals surface area contributed by atoms with Crippen LogP contribution in [0, 0.1) is 13.8 Å². The number of nitrogens with zero attached hydrogens (tertiary/aromatic N) is 1. The molecule has 1 aliphatic heterocycles. The number of methoxy groups -OCH3 is 1. The maximum absolute atomic E-state index is 12.9. The lowest BCUT2D eigenvalue weighted by Crippen LogP contribution is -2.41. The highest BCUT2D eigenvalue weighted by Crippen LogP contribution is 2.31. The predicted octanol–water partition coefficient (Wildman–Crippen LogP) is 1.68. The standard InChI is InChI=1S/C15H24N2O3S/c1-11-9-15(12(2)8-14(11)20-4)21(18,19)17-7-5-6-13(17)10-16-3/h8-9,13,16H,5-7,10H2,1-4H3/t13-/m1/s1. The Morgan fingerprint density at radius 2 is 2.05 bits per heavy atom. The van der Waals surface area contributed by atoms with Crippen LogP contribution in [0.2, 0.25) is 0 Å². The van der Waals surface area contributed by atoms with Crippen molar-refractivity contribution in [2.24, 2.45) is 0 Å². The molecule has 1 saturated heterocycles. The molecule has 0 amide bonds. The first-order chi connectivity index (χ1) is 9.91. The molecular weight excluding hydrogens is 288 g/mol. The van der Waals surface area contributed by atoms with Gasteiger partial charge < -0.3 is 10.1 Å². The molecule has 1 heterocycles. The van der Waals surface area contributed by atoms with Crippen LogP contribution in [0.1, 0.15) is 24.0 Å². The molecule has 21 heavy (non-hydrogen) atoms. The first-order valence-corrected chi connectivity index (χ1v) is 8.67. The Labute approximate surface area is 127 Å². The fourth-order valence-corrected chi connectivity index (χ4v) is 4.94. The first kappa shape index (κ1) is 16.3. The van der Waals surface area contributed by atoms with Crippen LogP contribution in [-0.4, -0.2) is 46.0 Å². The summed E-state index contributed by atoms with van der Waals surface area (Å²) in [7, 11) is -0.000775. The Morgan fingerprint density at radius 3 is 2.67 bits per heavy atom. The highest BCUT2D eigenvalue weighted by molar-refractivity contribution is 7.89. The first-order valence-electron chi connectivity index (χ1n) is 7.23. The van der Waals surface area contributed by atoms with Gasteiger partial charge in [-0.15, -0.1) is 0 Å². The van der Waals surface area contributed by atoms with Gasteiger partial charge in [0.05, 0.1) is 12.0 Å². The van der Waals surface area contributed by atoms with Gasteiger partial charge in [0.25, 0.3) is 0 Å². The zero-order chi connectivity index (χ0) is 15.6. The second kappa shape index (κ2) is 6.34.